The molecule has 2 heterocycles. The molecular weight excluding hydrogens is 352 g/mol. The number of nitrogens with zero attached hydrogens (tertiary/aromatic N) is 2. The van der Waals surface area contributed by atoms with Crippen molar-refractivity contribution in [2.24, 2.45) is 0 Å². The fourth-order valence-corrected chi connectivity index (χ4v) is 3.63. The summed E-state index contributed by atoms with van der Waals surface area (Å²) >= 11 is 1.57. The standard InChI is InChI=1S/C19H24N2O4S/c1-24-15-4-2-5-16(12-15)25-14-19(23)21-9-7-20(8-10-21)13-17(22)18-6-3-11-26-18/h2-6,11-12,17,22H,7-10,13-14H2,1H3. The molecule has 1 fully saturated rings. The van der Waals surface area contributed by atoms with Crippen LogP contribution < -0.4 is 9.47 Å². The third-order valence-electron chi connectivity index (χ3n) is 4.43. The van der Waals surface area contributed by atoms with Crippen LogP contribution in [0.4, 0.5) is 0 Å². The lowest BCUT2D eigenvalue weighted by Gasteiger charge is -2.35. The van der Waals surface area contributed by atoms with Gasteiger partial charge in [-0.1, -0.05) is 12.1 Å². The molecular formula is C19H24N2O4S. The van der Waals surface area contributed by atoms with E-state index in [1.165, 1.54) is 0 Å². The predicted octanol–water partition coefficient (Wildman–Crippen LogP) is 2.01. The summed E-state index contributed by atoms with van der Waals surface area (Å²) in [4.78, 5) is 17.3. The average Bonchev–Trinajstić information content (AvgIpc) is 3.22. The van der Waals surface area contributed by atoms with Gasteiger partial charge in [-0.05, 0) is 23.6 Å². The third kappa shape index (κ3) is 4.97. The van der Waals surface area contributed by atoms with Crippen LogP contribution in [0.25, 0.3) is 0 Å². The van der Waals surface area contributed by atoms with Crippen LogP contribution in [-0.4, -0.2) is 67.3 Å². The lowest BCUT2D eigenvalue weighted by Crippen LogP contribution is -2.50. The number of ether oxygens (including phenoxy) is 2. The molecule has 0 bridgehead atoms. The van der Waals surface area contributed by atoms with Gasteiger partial charge in [-0.15, -0.1) is 11.3 Å². The number of amides is 1. The van der Waals surface area contributed by atoms with E-state index in [1.54, 1.807) is 30.6 Å². The Morgan fingerprint density at radius 2 is 1.96 bits per heavy atom. The Kier molecular flexibility index (Phi) is 6.49. The van der Waals surface area contributed by atoms with Gasteiger partial charge < -0.3 is 19.5 Å². The molecule has 0 spiro atoms. The number of carbonyl (C=O) groups excluding carboxylic acids is 1. The molecule has 140 valence electrons. The van der Waals surface area contributed by atoms with E-state index in [-0.39, 0.29) is 12.5 Å². The highest BCUT2D eigenvalue weighted by atomic mass is 32.1. The number of methoxy groups -OCH3 is 1. The van der Waals surface area contributed by atoms with Crippen molar-refractivity contribution >= 4 is 17.2 Å². The van der Waals surface area contributed by atoms with Gasteiger partial charge in [0.2, 0.25) is 0 Å². The first-order chi connectivity index (χ1) is 12.7. The SMILES string of the molecule is COc1cccc(OCC(=O)N2CCN(CC(O)c3cccs3)CC2)c1. The first kappa shape index (κ1) is 18.7. The summed E-state index contributed by atoms with van der Waals surface area (Å²) in [5, 5.41) is 12.2. The van der Waals surface area contributed by atoms with Crippen molar-refractivity contribution in [3.63, 3.8) is 0 Å². The largest absolute Gasteiger partial charge is 0.497 e. The molecule has 1 unspecified atom stereocenters. The van der Waals surface area contributed by atoms with Gasteiger partial charge in [0.05, 0.1) is 7.11 Å². The number of carbonyl (C=O) groups is 1. The molecule has 2 aromatic rings. The van der Waals surface area contributed by atoms with E-state index in [0.29, 0.717) is 31.1 Å². The van der Waals surface area contributed by atoms with E-state index in [0.717, 1.165) is 18.0 Å². The molecule has 26 heavy (non-hydrogen) atoms. The Hall–Kier alpha value is -2.09. The molecule has 3 rings (SSSR count). The van der Waals surface area contributed by atoms with E-state index >= 15 is 0 Å². The second kappa shape index (κ2) is 9.02. The van der Waals surface area contributed by atoms with Gasteiger partial charge in [0.25, 0.3) is 5.91 Å². The average molecular weight is 376 g/mol. The molecule has 0 aliphatic carbocycles. The van der Waals surface area contributed by atoms with Crippen LogP contribution in [0.3, 0.4) is 0 Å². The second-order valence-corrected chi connectivity index (χ2v) is 7.16. The first-order valence-electron chi connectivity index (χ1n) is 8.64. The first-order valence-corrected chi connectivity index (χ1v) is 9.52. The molecule has 1 aliphatic rings. The molecule has 7 heteroatoms. The van der Waals surface area contributed by atoms with Gasteiger partial charge in [-0.2, -0.15) is 0 Å². The molecule has 6 nitrogen and oxygen atoms in total. The molecule has 0 saturated carbocycles. The number of hydrogen-bond acceptors (Lipinski definition) is 6. The zero-order chi connectivity index (χ0) is 18.4. The number of piperazine rings is 1. The monoisotopic (exact) mass is 376 g/mol. The van der Waals surface area contributed by atoms with E-state index in [2.05, 4.69) is 4.90 Å². The number of rotatable bonds is 7. The smallest absolute Gasteiger partial charge is 0.260 e. The second-order valence-electron chi connectivity index (χ2n) is 6.18. The number of benzene rings is 1. The highest BCUT2D eigenvalue weighted by molar-refractivity contribution is 7.10. The van der Waals surface area contributed by atoms with Crippen LogP contribution in [0.1, 0.15) is 11.0 Å². The van der Waals surface area contributed by atoms with Gasteiger partial charge in [-0.3, -0.25) is 9.69 Å². The fourth-order valence-electron chi connectivity index (χ4n) is 2.92. The number of thiophene rings is 1. The molecule has 1 aromatic heterocycles. The zero-order valence-corrected chi connectivity index (χ0v) is 15.7. The molecule has 1 amide bonds. The Bertz CT molecular complexity index is 699. The van der Waals surface area contributed by atoms with Gasteiger partial charge in [0.15, 0.2) is 6.61 Å². The summed E-state index contributed by atoms with van der Waals surface area (Å²) in [7, 11) is 1.60. The lowest BCUT2D eigenvalue weighted by molar-refractivity contribution is -0.135. The molecule has 0 radical (unpaired) electrons. The summed E-state index contributed by atoms with van der Waals surface area (Å²) in [6.07, 6.45) is -0.464. The van der Waals surface area contributed by atoms with Crippen LogP contribution in [-0.2, 0) is 4.79 Å². The maximum atomic E-state index is 12.3. The van der Waals surface area contributed by atoms with Crippen molar-refractivity contribution in [3.8, 4) is 11.5 Å². The normalized spacial score (nSPS) is 16.3. The van der Waals surface area contributed by atoms with E-state index < -0.39 is 6.10 Å². The Morgan fingerprint density at radius 3 is 2.65 bits per heavy atom. The highest BCUT2D eigenvalue weighted by Crippen LogP contribution is 2.21. The maximum Gasteiger partial charge on any atom is 0.260 e. The zero-order valence-electron chi connectivity index (χ0n) is 14.8. The minimum atomic E-state index is -0.464. The minimum absolute atomic E-state index is 0.0188. The van der Waals surface area contributed by atoms with Gasteiger partial charge in [0, 0.05) is 43.7 Å². The lowest BCUT2D eigenvalue weighted by atomic mass is 10.2. The summed E-state index contributed by atoms with van der Waals surface area (Å²) in [6, 6.07) is 11.1. The summed E-state index contributed by atoms with van der Waals surface area (Å²) < 4.78 is 10.7. The van der Waals surface area contributed by atoms with Crippen molar-refractivity contribution in [3.05, 3.63) is 46.7 Å². The molecule has 1 atom stereocenters. The van der Waals surface area contributed by atoms with Gasteiger partial charge >= 0.3 is 0 Å². The van der Waals surface area contributed by atoms with Crippen LogP contribution in [0, 0.1) is 0 Å². The topological polar surface area (TPSA) is 62.2 Å². The summed E-state index contributed by atoms with van der Waals surface area (Å²) in [6.45, 7) is 3.43. The number of aliphatic hydroxyl groups excluding tert-OH is 1. The summed E-state index contributed by atoms with van der Waals surface area (Å²) in [5.74, 6) is 1.30. The molecule has 1 saturated heterocycles. The van der Waals surface area contributed by atoms with Crippen molar-refractivity contribution < 1.29 is 19.4 Å². The van der Waals surface area contributed by atoms with E-state index in [1.807, 2.05) is 34.5 Å². The van der Waals surface area contributed by atoms with Crippen molar-refractivity contribution in [1.29, 1.82) is 0 Å². The number of β-amino-alcohol motifs (C(OH)–C–C–N with tert-alkyl or cyclic N) is 1. The van der Waals surface area contributed by atoms with Crippen LogP contribution in [0.15, 0.2) is 41.8 Å². The van der Waals surface area contributed by atoms with E-state index in [4.69, 9.17) is 9.47 Å². The van der Waals surface area contributed by atoms with Crippen LogP contribution in [0.5, 0.6) is 11.5 Å². The van der Waals surface area contributed by atoms with Crippen LogP contribution >= 0.6 is 11.3 Å². The number of aliphatic hydroxyl groups is 1. The minimum Gasteiger partial charge on any atom is -0.497 e. The molecule has 1 N–H and O–H groups in total. The Labute approximate surface area is 157 Å². The van der Waals surface area contributed by atoms with Crippen molar-refractivity contribution in [1.82, 2.24) is 9.80 Å². The molecule has 1 aromatic carbocycles. The van der Waals surface area contributed by atoms with Crippen molar-refractivity contribution in [2.45, 2.75) is 6.10 Å². The number of hydrogen-bond donors (Lipinski definition) is 1. The maximum absolute atomic E-state index is 12.3. The highest BCUT2D eigenvalue weighted by Gasteiger charge is 2.23. The van der Waals surface area contributed by atoms with Crippen molar-refractivity contribution in [2.75, 3.05) is 46.4 Å². The Balaban J connectivity index is 1.41. The van der Waals surface area contributed by atoms with E-state index in [9.17, 15) is 9.90 Å². The summed E-state index contributed by atoms with van der Waals surface area (Å²) in [5.41, 5.74) is 0. The van der Waals surface area contributed by atoms with Gasteiger partial charge in [0.1, 0.15) is 17.6 Å². The fraction of sp³-hybridized carbons (Fsp3) is 0.421. The van der Waals surface area contributed by atoms with Crippen LogP contribution in [0.2, 0.25) is 0 Å². The molecule has 1 aliphatic heterocycles. The third-order valence-corrected chi connectivity index (χ3v) is 5.40. The Morgan fingerprint density at radius 1 is 1.19 bits per heavy atom. The quantitative estimate of drug-likeness (QED) is 0.801. The predicted molar refractivity (Wildman–Crippen MR) is 101 cm³/mol. The van der Waals surface area contributed by atoms with Gasteiger partial charge in [-0.25, -0.2) is 0 Å².